The van der Waals surface area contributed by atoms with Gasteiger partial charge in [-0.25, -0.2) is 0 Å². The van der Waals surface area contributed by atoms with E-state index in [1.54, 1.807) is 6.08 Å². The van der Waals surface area contributed by atoms with Crippen molar-refractivity contribution in [3.63, 3.8) is 0 Å². The van der Waals surface area contributed by atoms with Gasteiger partial charge in [0.15, 0.2) is 11.0 Å². The maximum absolute atomic E-state index is 12.4. The minimum atomic E-state index is 0.0552. The first kappa shape index (κ1) is 21.4. The lowest BCUT2D eigenvalue weighted by molar-refractivity contribution is -0.119. The standard InChI is InChI=1S/C22H30N4O2S/c1-4-13-26-20(14-28-19-12-8-6-10-17(19)3)24-25-22(26)29-15-21(27)23-18-11-7-5-9-16(18)2/h4,6,8,10,12,16,18H,1,5,7,9,11,13-15H2,2-3H3,(H,23,27)/t16-,18-/m0/s1. The number of thioether (sulfide) groups is 1. The molecule has 0 unspecified atom stereocenters. The number of aryl methyl sites for hydroxylation is 1. The molecule has 0 radical (unpaired) electrons. The molecule has 1 aliphatic carbocycles. The molecular formula is C22H30N4O2S. The predicted octanol–water partition coefficient (Wildman–Crippen LogP) is 4.14. The van der Waals surface area contributed by atoms with Gasteiger partial charge in [-0.05, 0) is 37.3 Å². The number of aromatic nitrogens is 3. The van der Waals surface area contributed by atoms with E-state index in [2.05, 4.69) is 29.0 Å². The number of hydrogen-bond donors (Lipinski definition) is 1. The molecule has 1 heterocycles. The van der Waals surface area contributed by atoms with E-state index in [1.807, 2.05) is 35.8 Å². The van der Waals surface area contributed by atoms with Crippen LogP contribution >= 0.6 is 11.8 Å². The first-order chi connectivity index (χ1) is 14.1. The number of ether oxygens (including phenoxy) is 1. The van der Waals surface area contributed by atoms with Crippen molar-refractivity contribution in [1.82, 2.24) is 20.1 Å². The topological polar surface area (TPSA) is 69.0 Å². The molecule has 3 rings (SSSR count). The third kappa shape index (κ3) is 5.85. The van der Waals surface area contributed by atoms with Gasteiger partial charge in [-0.2, -0.15) is 0 Å². The lowest BCUT2D eigenvalue weighted by Gasteiger charge is -2.29. The van der Waals surface area contributed by atoms with E-state index in [0.29, 0.717) is 36.0 Å². The van der Waals surface area contributed by atoms with Crippen LogP contribution in [-0.4, -0.2) is 32.5 Å². The van der Waals surface area contributed by atoms with E-state index >= 15 is 0 Å². The lowest BCUT2D eigenvalue weighted by atomic mass is 9.86. The summed E-state index contributed by atoms with van der Waals surface area (Å²) in [5.74, 6) is 2.48. The SMILES string of the molecule is C=CCn1c(COc2ccccc2C)nnc1SCC(=O)N[C@H]1CCCC[C@@H]1C. The van der Waals surface area contributed by atoms with Gasteiger partial charge in [0.1, 0.15) is 12.4 Å². The van der Waals surface area contributed by atoms with Crippen LogP contribution in [0.25, 0.3) is 0 Å². The van der Waals surface area contributed by atoms with Crippen LogP contribution in [0.2, 0.25) is 0 Å². The van der Waals surface area contributed by atoms with Gasteiger partial charge in [0, 0.05) is 12.6 Å². The normalized spacial score (nSPS) is 19.0. The van der Waals surface area contributed by atoms with E-state index in [1.165, 1.54) is 31.0 Å². The molecule has 7 heteroatoms. The van der Waals surface area contributed by atoms with E-state index < -0.39 is 0 Å². The van der Waals surface area contributed by atoms with E-state index in [0.717, 1.165) is 23.6 Å². The van der Waals surface area contributed by atoms with Crippen LogP contribution in [0.1, 0.15) is 44.0 Å². The van der Waals surface area contributed by atoms with Crippen LogP contribution in [-0.2, 0) is 17.9 Å². The number of rotatable bonds is 9. The summed E-state index contributed by atoms with van der Waals surface area (Å²) < 4.78 is 7.87. The first-order valence-corrected chi connectivity index (χ1v) is 11.2. The predicted molar refractivity (Wildman–Crippen MR) is 116 cm³/mol. The summed E-state index contributed by atoms with van der Waals surface area (Å²) in [4.78, 5) is 12.4. The number of carbonyl (C=O) groups excluding carboxylic acids is 1. The highest BCUT2D eigenvalue weighted by molar-refractivity contribution is 7.99. The summed E-state index contributed by atoms with van der Waals surface area (Å²) in [5.41, 5.74) is 1.07. The van der Waals surface area contributed by atoms with Gasteiger partial charge in [-0.3, -0.25) is 9.36 Å². The summed E-state index contributed by atoms with van der Waals surface area (Å²) in [7, 11) is 0. The average Bonchev–Trinajstić information content (AvgIpc) is 3.09. The molecule has 1 aromatic carbocycles. The zero-order valence-electron chi connectivity index (χ0n) is 17.3. The molecule has 1 aromatic heterocycles. The number of carbonyl (C=O) groups is 1. The van der Waals surface area contributed by atoms with Crippen LogP contribution in [0, 0.1) is 12.8 Å². The monoisotopic (exact) mass is 414 g/mol. The van der Waals surface area contributed by atoms with Crippen molar-refractivity contribution >= 4 is 17.7 Å². The lowest BCUT2D eigenvalue weighted by Crippen LogP contribution is -2.41. The maximum atomic E-state index is 12.4. The Morgan fingerprint density at radius 1 is 1.34 bits per heavy atom. The van der Waals surface area contributed by atoms with Gasteiger partial charge >= 0.3 is 0 Å². The van der Waals surface area contributed by atoms with Gasteiger partial charge in [-0.1, -0.05) is 55.8 Å². The van der Waals surface area contributed by atoms with Gasteiger partial charge < -0.3 is 10.1 Å². The number of nitrogens with one attached hydrogen (secondary N) is 1. The van der Waals surface area contributed by atoms with Crippen LogP contribution < -0.4 is 10.1 Å². The molecular weight excluding hydrogens is 384 g/mol. The Hall–Kier alpha value is -2.28. The summed E-state index contributed by atoms with van der Waals surface area (Å²) in [6.07, 6.45) is 6.52. The number of nitrogens with zero attached hydrogens (tertiary/aromatic N) is 3. The second-order valence-corrected chi connectivity index (χ2v) is 8.52. The second kappa shape index (κ2) is 10.5. The van der Waals surface area contributed by atoms with Crippen molar-refractivity contribution in [3.05, 3.63) is 48.3 Å². The van der Waals surface area contributed by atoms with Crippen LogP contribution in [0.3, 0.4) is 0 Å². The zero-order valence-corrected chi connectivity index (χ0v) is 18.1. The summed E-state index contributed by atoms with van der Waals surface area (Å²) in [6, 6.07) is 8.17. The van der Waals surface area contributed by atoms with Crippen molar-refractivity contribution in [2.24, 2.45) is 5.92 Å². The number of allylic oxidation sites excluding steroid dienone is 1. The Balaban J connectivity index is 1.58. The first-order valence-electron chi connectivity index (χ1n) is 10.2. The second-order valence-electron chi connectivity index (χ2n) is 7.58. The summed E-state index contributed by atoms with van der Waals surface area (Å²) >= 11 is 1.40. The zero-order chi connectivity index (χ0) is 20.6. The number of para-hydroxylation sites is 1. The summed E-state index contributed by atoms with van der Waals surface area (Å²) in [6.45, 7) is 8.95. The van der Waals surface area contributed by atoms with Crippen molar-refractivity contribution in [1.29, 1.82) is 0 Å². The van der Waals surface area contributed by atoms with Crippen molar-refractivity contribution in [2.75, 3.05) is 5.75 Å². The molecule has 2 aromatic rings. The Labute approximate surface area is 177 Å². The highest BCUT2D eigenvalue weighted by Gasteiger charge is 2.23. The van der Waals surface area contributed by atoms with Gasteiger partial charge in [0.05, 0.1) is 5.75 Å². The molecule has 156 valence electrons. The summed E-state index contributed by atoms with van der Waals surface area (Å²) in [5, 5.41) is 12.4. The Kier molecular flexibility index (Phi) is 7.75. The fraction of sp³-hybridized carbons (Fsp3) is 0.500. The molecule has 2 atom stereocenters. The molecule has 1 N–H and O–H groups in total. The highest BCUT2D eigenvalue weighted by Crippen LogP contribution is 2.24. The Morgan fingerprint density at radius 3 is 2.90 bits per heavy atom. The number of benzene rings is 1. The molecule has 1 fully saturated rings. The maximum Gasteiger partial charge on any atom is 0.230 e. The van der Waals surface area contributed by atoms with Gasteiger partial charge in [0.2, 0.25) is 5.91 Å². The Morgan fingerprint density at radius 2 is 2.14 bits per heavy atom. The fourth-order valence-electron chi connectivity index (χ4n) is 3.61. The fourth-order valence-corrected chi connectivity index (χ4v) is 4.39. The minimum Gasteiger partial charge on any atom is -0.485 e. The largest absolute Gasteiger partial charge is 0.485 e. The van der Waals surface area contributed by atoms with E-state index in [4.69, 9.17) is 4.74 Å². The van der Waals surface area contributed by atoms with E-state index in [9.17, 15) is 4.79 Å². The van der Waals surface area contributed by atoms with Crippen molar-refractivity contribution in [3.8, 4) is 5.75 Å². The van der Waals surface area contributed by atoms with Crippen LogP contribution in [0.5, 0.6) is 5.75 Å². The van der Waals surface area contributed by atoms with Crippen LogP contribution in [0.15, 0.2) is 42.1 Å². The molecule has 6 nitrogen and oxygen atoms in total. The Bertz CT molecular complexity index is 836. The van der Waals surface area contributed by atoms with Gasteiger partial charge in [-0.15, -0.1) is 16.8 Å². The molecule has 0 aliphatic heterocycles. The third-order valence-electron chi connectivity index (χ3n) is 5.35. The molecule has 1 saturated carbocycles. The minimum absolute atomic E-state index is 0.0552. The molecule has 1 amide bonds. The van der Waals surface area contributed by atoms with Gasteiger partial charge in [0.25, 0.3) is 0 Å². The van der Waals surface area contributed by atoms with Crippen molar-refractivity contribution < 1.29 is 9.53 Å². The highest BCUT2D eigenvalue weighted by atomic mass is 32.2. The molecule has 1 aliphatic rings. The smallest absolute Gasteiger partial charge is 0.230 e. The molecule has 0 bridgehead atoms. The third-order valence-corrected chi connectivity index (χ3v) is 6.31. The average molecular weight is 415 g/mol. The quantitative estimate of drug-likeness (QED) is 0.493. The van der Waals surface area contributed by atoms with Crippen LogP contribution in [0.4, 0.5) is 0 Å². The number of hydrogen-bond acceptors (Lipinski definition) is 5. The van der Waals surface area contributed by atoms with E-state index in [-0.39, 0.29) is 5.91 Å². The molecule has 0 saturated heterocycles. The van der Waals surface area contributed by atoms with Crippen molar-refractivity contribution in [2.45, 2.75) is 63.9 Å². The molecule has 0 spiro atoms. The molecule has 29 heavy (non-hydrogen) atoms. The number of amides is 1.